The second kappa shape index (κ2) is 7.29. The molecule has 124 valence electrons. The normalized spacial score (nSPS) is 11.7. The van der Waals surface area contributed by atoms with E-state index in [1.54, 1.807) is 0 Å². The Morgan fingerprint density at radius 1 is 1.08 bits per heavy atom. The fourth-order valence-corrected chi connectivity index (χ4v) is 3.23. The van der Waals surface area contributed by atoms with E-state index >= 15 is 0 Å². The first-order chi connectivity index (χ1) is 11.6. The van der Waals surface area contributed by atoms with Gasteiger partial charge in [-0.15, -0.1) is 0 Å². The second-order valence-electron chi connectivity index (χ2n) is 5.90. The van der Waals surface area contributed by atoms with Crippen LogP contribution in [0, 0.1) is 0 Å². The summed E-state index contributed by atoms with van der Waals surface area (Å²) in [7, 11) is 0. The summed E-state index contributed by atoms with van der Waals surface area (Å²) in [6.45, 7) is 4.83. The summed E-state index contributed by atoms with van der Waals surface area (Å²) in [5.41, 5.74) is 6.17. The molecule has 0 radical (unpaired) electrons. The first kappa shape index (κ1) is 16.9. The number of fused-ring (bicyclic) bond motifs is 1. The minimum atomic E-state index is 0.395. The molecule has 3 aromatic rings. The highest BCUT2D eigenvalue weighted by Gasteiger charge is 2.08. The highest BCUT2D eigenvalue weighted by molar-refractivity contribution is 6.35. The lowest BCUT2D eigenvalue weighted by Gasteiger charge is -2.08. The van der Waals surface area contributed by atoms with Crippen LogP contribution in [0.15, 0.2) is 53.8 Å². The Labute approximate surface area is 151 Å². The van der Waals surface area contributed by atoms with Crippen LogP contribution >= 0.6 is 23.2 Å². The average molecular weight is 360 g/mol. The van der Waals surface area contributed by atoms with Crippen LogP contribution in [0.3, 0.4) is 0 Å². The van der Waals surface area contributed by atoms with Crippen LogP contribution in [-0.2, 0) is 6.54 Å². The zero-order chi connectivity index (χ0) is 17.1. The number of nitrogens with one attached hydrogen (secondary N) is 1. The third-order valence-electron chi connectivity index (χ3n) is 3.94. The highest BCUT2D eigenvalue weighted by atomic mass is 35.5. The fourth-order valence-electron chi connectivity index (χ4n) is 2.70. The zero-order valence-electron chi connectivity index (χ0n) is 13.6. The van der Waals surface area contributed by atoms with E-state index in [2.05, 4.69) is 53.3 Å². The van der Waals surface area contributed by atoms with Crippen molar-refractivity contribution in [3.05, 3.63) is 69.8 Å². The van der Waals surface area contributed by atoms with Crippen LogP contribution in [0.1, 0.15) is 31.0 Å². The standard InChI is InChI=1S/C19H19Cl2N3/c1-13(2)24-12-14(15-6-3-4-9-19(15)24)10-22-23-11-16-17(20)7-5-8-18(16)21/h3-10,12-13,23H,11H2,1-2H3/b22-10+. The predicted molar refractivity (Wildman–Crippen MR) is 103 cm³/mol. The molecule has 0 bridgehead atoms. The molecule has 2 aromatic carbocycles. The van der Waals surface area contributed by atoms with Gasteiger partial charge in [0.25, 0.3) is 0 Å². The van der Waals surface area contributed by atoms with Gasteiger partial charge in [0.1, 0.15) is 0 Å². The van der Waals surface area contributed by atoms with Gasteiger partial charge in [0.05, 0.1) is 12.8 Å². The van der Waals surface area contributed by atoms with Crippen molar-refractivity contribution in [1.29, 1.82) is 0 Å². The lowest BCUT2D eigenvalue weighted by Crippen LogP contribution is -2.06. The predicted octanol–water partition coefficient (Wildman–Crippen LogP) is 5.65. The Balaban J connectivity index is 1.79. The van der Waals surface area contributed by atoms with Gasteiger partial charge in [0.15, 0.2) is 0 Å². The SMILES string of the molecule is CC(C)n1cc(/C=N/NCc2c(Cl)cccc2Cl)c2ccccc21. The molecule has 1 heterocycles. The molecular formula is C19H19Cl2N3. The van der Waals surface area contributed by atoms with Crippen LogP contribution in [0.25, 0.3) is 10.9 Å². The third kappa shape index (κ3) is 3.42. The number of hydrogen-bond donors (Lipinski definition) is 1. The van der Waals surface area contributed by atoms with Gasteiger partial charge in [0, 0.05) is 44.3 Å². The van der Waals surface area contributed by atoms with Gasteiger partial charge >= 0.3 is 0 Å². The molecule has 3 rings (SSSR count). The van der Waals surface area contributed by atoms with Crippen LogP contribution in [0.4, 0.5) is 0 Å². The van der Waals surface area contributed by atoms with Crippen molar-refractivity contribution >= 4 is 40.3 Å². The molecular weight excluding hydrogens is 341 g/mol. The van der Waals surface area contributed by atoms with E-state index in [9.17, 15) is 0 Å². The van der Waals surface area contributed by atoms with E-state index in [1.165, 1.54) is 10.9 Å². The summed E-state index contributed by atoms with van der Waals surface area (Å²) in [6.07, 6.45) is 3.97. The van der Waals surface area contributed by atoms with Crippen molar-refractivity contribution in [3.63, 3.8) is 0 Å². The van der Waals surface area contributed by atoms with Crippen molar-refractivity contribution in [2.24, 2.45) is 5.10 Å². The Hall–Kier alpha value is -1.97. The smallest absolute Gasteiger partial charge is 0.0609 e. The maximum atomic E-state index is 6.16. The van der Waals surface area contributed by atoms with Gasteiger partial charge in [-0.25, -0.2) is 0 Å². The molecule has 3 nitrogen and oxygen atoms in total. The minimum absolute atomic E-state index is 0.395. The van der Waals surface area contributed by atoms with Crippen molar-refractivity contribution in [1.82, 2.24) is 9.99 Å². The van der Waals surface area contributed by atoms with E-state index < -0.39 is 0 Å². The minimum Gasteiger partial charge on any atom is -0.344 e. The van der Waals surface area contributed by atoms with Crippen LogP contribution in [0.2, 0.25) is 10.0 Å². The molecule has 0 fully saturated rings. The van der Waals surface area contributed by atoms with Gasteiger partial charge in [-0.2, -0.15) is 5.10 Å². The molecule has 0 saturated heterocycles. The molecule has 0 aliphatic rings. The zero-order valence-corrected chi connectivity index (χ0v) is 15.1. The molecule has 0 spiro atoms. The van der Waals surface area contributed by atoms with Crippen LogP contribution in [0.5, 0.6) is 0 Å². The molecule has 0 aliphatic heterocycles. The van der Waals surface area contributed by atoms with Gasteiger partial charge in [0.2, 0.25) is 0 Å². The summed E-state index contributed by atoms with van der Waals surface area (Å²) in [6, 6.07) is 14.2. The number of hydrazone groups is 1. The lowest BCUT2D eigenvalue weighted by molar-refractivity contribution is 0.622. The van der Waals surface area contributed by atoms with E-state index in [0.717, 1.165) is 11.1 Å². The molecule has 0 saturated carbocycles. The first-order valence-corrected chi connectivity index (χ1v) is 8.62. The monoisotopic (exact) mass is 359 g/mol. The summed E-state index contributed by atoms with van der Waals surface area (Å²) in [4.78, 5) is 0. The largest absolute Gasteiger partial charge is 0.344 e. The molecule has 0 amide bonds. The molecule has 1 N–H and O–H groups in total. The van der Waals surface area contributed by atoms with E-state index in [4.69, 9.17) is 23.2 Å². The van der Waals surface area contributed by atoms with Gasteiger partial charge in [-0.3, -0.25) is 0 Å². The average Bonchev–Trinajstić information content (AvgIpc) is 2.93. The molecule has 0 atom stereocenters. The number of benzene rings is 2. The van der Waals surface area contributed by atoms with E-state index in [0.29, 0.717) is 22.6 Å². The Morgan fingerprint density at radius 3 is 2.50 bits per heavy atom. The quantitative estimate of drug-likeness (QED) is 0.462. The van der Waals surface area contributed by atoms with Gasteiger partial charge in [-0.05, 0) is 32.0 Å². The number of hydrogen-bond acceptors (Lipinski definition) is 2. The molecule has 0 unspecified atom stereocenters. The number of nitrogens with zero attached hydrogens (tertiary/aromatic N) is 2. The van der Waals surface area contributed by atoms with Crippen molar-refractivity contribution in [2.45, 2.75) is 26.4 Å². The van der Waals surface area contributed by atoms with Crippen LogP contribution in [-0.4, -0.2) is 10.8 Å². The third-order valence-corrected chi connectivity index (χ3v) is 4.65. The maximum Gasteiger partial charge on any atom is 0.0609 e. The maximum absolute atomic E-state index is 6.16. The summed E-state index contributed by atoms with van der Waals surface area (Å²) >= 11 is 12.3. The topological polar surface area (TPSA) is 29.3 Å². The van der Waals surface area contributed by atoms with Crippen LogP contribution < -0.4 is 5.43 Å². The second-order valence-corrected chi connectivity index (χ2v) is 6.71. The number of halogens is 2. The number of para-hydroxylation sites is 1. The Bertz CT molecular complexity index is 861. The number of rotatable bonds is 5. The lowest BCUT2D eigenvalue weighted by atomic mass is 10.2. The van der Waals surface area contributed by atoms with Gasteiger partial charge < -0.3 is 9.99 Å². The van der Waals surface area contributed by atoms with Crippen molar-refractivity contribution < 1.29 is 0 Å². The Morgan fingerprint density at radius 2 is 1.79 bits per heavy atom. The first-order valence-electron chi connectivity index (χ1n) is 7.86. The highest BCUT2D eigenvalue weighted by Crippen LogP contribution is 2.24. The molecule has 1 aromatic heterocycles. The summed E-state index contributed by atoms with van der Waals surface area (Å²) in [5.74, 6) is 0. The van der Waals surface area contributed by atoms with Crippen molar-refractivity contribution in [2.75, 3.05) is 0 Å². The molecule has 24 heavy (non-hydrogen) atoms. The van der Waals surface area contributed by atoms with E-state index in [1.807, 2.05) is 30.5 Å². The Kier molecular flexibility index (Phi) is 5.12. The van der Waals surface area contributed by atoms with Gasteiger partial charge in [-0.1, -0.05) is 47.5 Å². The fraction of sp³-hybridized carbons (Fsp3) is 0.211. The summed E-state index contributed by atoms with van der Waals surface area (Å²) in [5, 5.41) is 6.80. The summed E-state index contributed by atoms with van der Waals surface area (Å²) < 4.78 is 2.25. The number of aromatic nitrogens is 1. The molecule has 5 heteroatoms. The van der Waals surface area contributed by atoms with Crippen molar-refractivity contribution in [3.8, 4) is 0 Å². The van der Waals surface area contributed by atoms with E-state index in [-0.39, 0.29) is 0 Å². The molecule has 0 aliphatic carbocycles.